The largest absolute Gasteiger partial charge is 0.508 e. The van der Waals surface area contributed by atoms with E-state index in [9.17, 15) is 19.8 Å². The Morgan fingerprint density at radius 1 is 1.20 bits per heavy atom. The second-order valence-corrected chi connectivity index (χ2v) is 7.55. The topological polar surface area (TPSA) is 93.1 Å². The van der Waals surface area contributed by atoms with Crippen LogP contribution in [0.3, 0.4) is 0 Å². The highest BCUT2D eigenvalue weighted by atomic mass is 16.6. The lowest BCUT2D eigenvalue weighted by Crippen LogP contribution is -2.36. The maximum Gasteiger partial charge on any atom is 0.309 e. The summed E-state index contributed by atoms with van der Waals surface area (Å²) in [5.41, 5.74) is 0.243. The summed E-state index contributed by atoms with van der Waals surface area (Å²) in [5, 5.41) is 19.7. The first-order valence-corrected chi connectivity index (χ1v) is 8.43. The van der Waals surface area contributed by atoms with Crippen LogP contribution in [0.1, 0.15) is 39.7 Å². The molecule has 4 atom stereocenters. The molecule has 1 aromatic carbocycles. The van der Waals surface area contributed by atoms with E-state index in [2.05, 4.69) is 0 Å². The number of carbonyl (C=O) groups is 2. The SMILES string of the molecule is CC(=O)O[C@@H]1[C@@H](O)CC(C(=O)OC(C)(C)C)[C@@H]1Cc1ccc(O)cc1. The van der Waals surface area contributed by atoms with Gasteiger partial charge in [0.25, 0.3) is 0 Å². The van der Waals surface area contributed by atoms with Gasteiger partial charge in [-0.3, -0.25) is 9.59 Å². The molecule has 138 valence electrons. The molecule has 1 aromatic rings. The van der Waals surface area contributed by atoms with Crippen LogP contribution in [0.15, 0.2) is 24.3 Å². The van der Waals surface area contributed by atoms with Crippen LogP contribution in [0.2, 0.25) is 0 Å². The number of benzene rings is 1. The summed E-state index contributed by atoms with van der Waals surface area (Å²) in [4.78, 5) is 24.0. The van der Waals surface area contributed by atoms with Gasteiger partial charge in [0, 0.05) is 12.8 Å². The number of phenolic OH excluding ortho intramolecular Hbond substituents is 1. The minimum Gasteiger partial charge on any atom is -0.508 e. The van der Waals surface area contributed by atoms with Gasteiger partial charge in [0.1, 0.15) is 17.5 Å². The van der Waals surface area contributed by atoms with Crippen LogP contribution in [0.4, 0.5) is 0 Å². The molecule has 0 bridgehead atoms. The van der Waals surface area contributed by atoms with Crippen LogP contribution in [-0.2, 0) is 25.5 Å². The van der Waals surface area contributed by atoms with E-state index >= 15 is 0 Å². The average molecular weight is 350 g/mol. The number of hydrogen-bond acceptors (Lipinski definition) is 6. The Morgan fingerprint density at radius 3 is 2.32 bits per heavy atom. The Morgan fingerprint density at radius 2 is 1.80 bits per heavy atom. The minimum absolute atomic E-state index is 0.149. The van der Waals surface area contributed by atoms with Gasteiger partial charge in [-0.2, -0.15) is 0 Å². The number of phenols is 1. The lowest BCUT2D eigenvalue weighted by molar-refractivity contribution is -0.164. The first-order chi connectivity index (χ1) is 11.6. The van der Waals surface area contributed by atoms with Crippen molar-refractivity contribution in [2.24, 2.45) is 11.8 Å². The highest BCUT2D eigenvalue weighted by Crippen LogP contribution is 2.38. The van der Waals surface area contributed by atoms with Crippen molar-refractivity contribution in [3.63, 3.8) is 0 Å². The predicted molar refractivity (Wildman–Crippen MR) is 90.8 cm³/mol. The van der Waals surface area contributed by atoms with Crippen LogP contribution >= 0.6 is 0 Å². The van der Waals surface area contributed by atoms with E-state index in [0.29, 0.717) is 6.42 Å². The number of esters is 2. The first kappa shape index (κ1) is 19.2. The summed E-state index contributed by atoms with van der Waals surface area (Å²) in [6.45, 7) is 6.64. The van der Waals surface area contributed by atoms with Crippen LogP contribution in [-0.4, -0.2) is 40.0 Å². The zero-order valence-electron chi connectivity index (χ0n) is 15.1. The van der Waals surface area contributed by atoms with Gasteiger partial charge < -0.3 is 19.7 Å². The number of carbonyl (C=O) groups excluding carboxylic acids is 2. The lowest BCUT2D eigenvalue weighted by Gasteiger charge is -2.27. The molecular formula is C19H26O6. The van der Waals surface area contributed by atoms with E-state index in [0.717, 1.165) is 5.56 Å². The van der Waals surface area contributed by atoms with E-state index in [-0.39, 0.29) is 12.2 Å². The highest BCUT2D eigenvalue weighted by molar-refractivity contribution is 5.74. The number of hydrogen-bond donors (Lipinski definition) is 2. The standard InChI is InChI=1S/C19H26O6/c1-11(20)24-17-14(9-12-5-7-13(21)8-6-12)15(10-16(17)22)18(23)25-19(2,3)4/h5-8,14-17,21-22H,9-10H2,1-4H3/t14-,15?,16-,17-/m0/s1. The summed E-state index contributed by atoms with van der Waals surface area (Å²) in [5.74, 6) is -1.70. The van der Waals surface area contributed by atoms with Crippen LogP contribution in [0.25, 0.3) is 0 Å². The highest BCUT2D eigenvalue weighted by Gasteiger charge is 2.49. The van der Waals surface area contributed by atoms with Crippen molar-refractivity contribution in [2.45, 2.75) is 58.3 Å². The second-order valence-electron chi connectivity index (χ2n) is 7.55. The van der Waals surface area contributed by atoms with Gasteiger partial charge in [0.2, 0.25) is 0 Å². The van der Waals surface area contributed by atoms with Gasteiger partial charge in [-0.1, -0.05) is 12.1 Å². The maximum absolute atomic E-state index is 12.6. The minimum atomic E-state index is -0.913. The fourth-order valence-corrected chi connectivity index (χ4v) is 3.25. The molecule has 2 rings (SSSR count). The van der Waals surface area contributed by atoms with Crippen molar-refractivity contribution in [2.75, 3.05) is 0 Å². The van der Waals surface area contributed by atoms with E-state index in [1.807, 2.05) is 0 Å². The molecule has 0 aromatic heterocycles. The summed E-state index contributed by atoms with van der Waals surface area (Å²) in [6, 6.07) is 6.61. The molecule has 0 radical (unpaired) electrons. The molecule has 25 heavy (non-hydrogen) atoms. The third-order valence-electron chi connectivity index (χ3n) is 4.23. The monoisotopic (exact) mass is 350 g/mol. The third-order valence-corrected chi connectivity index (χ3v) is 4.23. The summed E-state index contributed by atoms with van der Waals surface area (Å²) in [7, 11) is 0. The Balaban J connectivity index is 2.25. The van der Waals surface area contributed by atoms with Gasteiger partial charge in [0.05, 0.1) is 12.0 Å². The molecule has 1 unspecified atom stereocenters. The van der Waals surface area contributed by atoms with Crippen LogP contribution < -0.4 is 0 Å². The Kier molecular flexibility index (Phi) is 5.72. The van der Waals surface area contributed by atoms with Crippen molar-refractivity contribution in [1.29, 1.82) is 0 Å². The van der Waals surface area contributed by atoms with Crippen LogP contribution in [0.5, 0.6) is 5.75 Å². The molecule has 0 aliphatic heterocycles. The number of ether oxygens (including phenoxy) is 2. The smallest absolute Gasteiger partial charge is 0.309 e. The summed E-state index contributed by atoms with van der Waals surface area (Å²) < 4.78 is 10.8. The third kappa shape index (κ3) is 5.19. The summed E-state index contributed by atoms with van der Waals surface area (Å²) >= 11 is 0. The van der Waals surface area contributed by atoms with Gasteiger partial charge in [-0.25, -0.2) is 0 Å². The molecule has 0 heterocycles. The predicted octanol–water partition coefficient (Wildman–Crippen LogP) is 2.21. The normalized spacial score (nSPS) is 26.3. The maximum atomic E-state index is 12.6. The Bertz CT molecular complexity index is 616. The lowest BCUT2D eigenvalue weighted by atomic mass is 9.88. The zero-order chi connectivity index (χ0) is 18.8. The van der Waals surface area contributed by atoms with Crippen molar-refractivity contribution < 1.29 is 29.3 Å². The fourth-order valence-electron chi connectivity index (χ4n) is 3.25. The number of aliphatic hydroxyl groups excluding tert-OH is 1. The Hall–Kier alpha value is -2.08. The molecule has 1 saturated carbocycles. The van der Waals surface area contributed by atoms with E-state index in [1.165, 1.54) is 6.92 Å². The van der Waals surface area contributed by atoms with Crippen molar-refractivity contribution in [3.8, 4) is 5.75 Å². The molecule has 0 spiro atoms. The number of rotatable bonds is 4. The van der Waals surface area contributed by atoms with E-state index in [4.69, 9.17) is 9.47 Å². The molecule has 0 saturated heterocycles. The number of aromatic hydroxyl groups is 1. The van der Waals surface area contributed by atoms with E-state index in [1.54, 1.807) is 45.0 Å². The molecule has 6 nitrogen and oxygen atoms in total. The van der Waals surface area contributed by atoms with Crippen LogP contribution in [0, 0.1) is 11.8 Å². The molecule has 1 fully saturated rings. The molecule has 0 amide bonds. The zero-order valence-corrected chi connectivity index (χ0v) is 15.1. The van der Waals surface area contributed by atoms with Crippen molar-refractivity contribution in [3.05, 3.63) is 29.8 Å². The summed E-state index contributed by atoms with van der Waals surface area (Å²) in [6.07, 6.45) is -1.05. The molecular weight excluding hydrogens is 324 g/mol. The van der Waals surface area contributed by atoms with Crippen molar-refractivity contribution in [1.82, 2.24) is 0 Å². The molecule has 1 aliphatic rings. The Labute approximate surface area is 147 Å². The van der Waals surface area contributed by atoms with Crippen molar-refractivity contribution >= 4 is 11.9 Å². The van der Waals surface area contributed by atoms with Gasteiger partial charge >= 0.3 is 11.9 Å². The van der Waals surface area contributed by atoms with Gasteiger partial charge in [-0.15, -0.1) is 0 Å². The average Bonchev–Trinajstić information content (AvgIpc) is 2.76. The molecule has 2 N–H and O–H groups in total. The van der Waals surface area contributed by atoms with Gasteiger partial charge in [0.15, 0.2) is 0 Å². The molecule has 6 heteroatoms. The molecule has 1 aliphatic carbocycles. The number of aliphatic hydroxyl groups is 1. The first-order valence-electron chi connectivity index (χ1n) is 8.43. The van der Waals surface area contributed by atoms with Gasteiger partial charge in [-0.05, 0) is 51.3 Å². The quantitative estimate of drug-likeness (QED) is 0.809. The second kappa shape index (κ2) is 7.44. The fraction of sp³-hybridized carbons (Fsp3) is 0.579. The van der Waals surface area contributed by atoms with E-state index < -0.39 is 41.6 Å².